The number of ether oxygens (including phenoxy) is 1. The minimum Gasteiger partial charge on any atom is -0.449 e. The summed E-state index contributed by atoms with van der Waals surface area (Å²) in [7, 11) is 2.19. The van der Waals surface area contributed by atoms with Crippen LogP contribution in [0, 0.1) is 5.92 Å². The molecule has 3 aromatic rings. The molecule has 1 aliphatic carbocycles. The van der Waals surface area contributed by atoms with Gasteiger partial charge in [0.1, 0.15) is 6.61 Å². The maximum atomic E-state index is 12.8. The van der Waals surface area contributed by atoms with Gasteiger partial charge in [-0.15, -0.1) is 0 Å². The van der Waals surface area contributed by atoms with Gasteiger partial charge >= 0.3 is 6.09 Å². The van der Waals surface area contributed by atoms with Gasteiger partial charge in [-0.25, -0.2) is 4.79 Å². The van der Waals surface area contributed by atoms with Crippen molar-refractivity contribution >= 4 is 28.3 Å². The van der Waals surface area contributed by atoms with Crippen LogP contribution in [0.3, 0.4) is 0 Å². The van der Waals surface area contributed by atoms with Crippen molar-refractivity contribution in [3.05, 3.63) is 71.9 Å². The number of likely N-dealkylation sites (N-methyl/N-ethyl adjacent to an activating group) is 1. The molecule has 170 valence electrons. The molecule has 2 atom stereocenters. The van der Waals surface area contributed by atoms with E-state index in [1.807, 2.05) is 11.0 Å². The SMILES string of the molecule is CN1C[C@H](COC(=O)N2CCN(c3ccccc3)CC2)C=C2c3cccc4[nH]cc(c34)C[C@H]21. The van der Waals surface area contributed by atoms with E-state index < -0.39 is 0 Å². The number of anilines is 1. The molecule has 0 radical (unpaired) electrons. The third-order valence-electron chi connectivity index (χ3n) is 7.42. The first-order chi connectivity index (χ1) is 16.2. The van der Waals surface area contributed by atoms with Crippen molar-refractivity contribution in [1.29, 1.82) is 0 Å². The fourth-order valence-corrected chi connectivity index (χ4v) is 5.71. The molecule has 2 aliphatic heterocycles. The number of para-hydroxylation sites is 1. The van der Waals surface area contributed by atoms with Gasteiger partial charge in [-0.1, -0.05) is 36.4 Å². The maximum Gasteiger partial charge on any atom is 0.409 e. The van der Waals surface area contributed by atoms with Crippen molar-refractivity contribution in [1.82, 2.24) is 14.8 Å². The molecular formula is C27H30N4O2. The molecule has 1 saturated heterocycles. The lowest BCUT2D eigenvalue weighted by atomic mass is 9.80. The van der Waals surface area contributed by atoms with Crippen molar-refractivity contribution in [3.8, 4) is 0 Å². The highest BCUT2D eigenvalue weighted by Gasteiger charge is 2.34. The average molecular weight is 443 g/mol. The van der Waals surface area contributed by atoms with Crippen LogP contribution >= 0.6 is 0 Å². The first kappa shape index (κ1) is 20.4. The van der Waals surface area contributed by atoms with Gasteiger partial charge in [0.25, 0.3) is 0 Å². The van der Waals surface area contributed by atoms with Crippen LogP contribution in [0.5, 0.6) is 0 Å². The van der Waals surface area contributed by atoms with Crippen molar-refractivity contribution < 1.29 is 9.53 Å². The molecule has 0 unspecified atom stereocenters. The van der Waals surface area contributed by atoms with E-state index in [2.05, 4.69) is 76.6 Å². The number of fused-ring (bicyclic) bond motifs is 2. The standard InChI is InChI=1S/C27H30N4O2/c1-29-17-19(14-23-22-8-5-9-24-26(22)20(16-28-24)15-25(23)29)18-33-27(32)31-12-10-30(11-13-31)21-6-3-2-4-7-21/h2-9,14,16,19,25,28H,10-13,15,17-18H2,1H3/t19-,25-/m1/s1. The number of amides is 1. The number of aromatic nitrogens is 1. The Morgan fingerprint density at radius 3 is 2.70 bits per heavy atom. The zero-order valence-electron chi connectivity index (χ0n) is 19.0. The predicted octanol–water partition coefficient (Wildman–Crippen LogP) is 4.00. The van der Waals surface area contributed by atoms with Crippen molar-refractivity contribution in [2.75, 3.05) is 51.3 Å². The number of benzene rings is 2. The lowest BCUT2D eigenvalue weighted by molar-refractivity contribution is 0.0833. The number of piperazine rings is 1. The number of rotatable bonds is 3. The molecule has 1 amide bonds. The summed E-state index contributed by atoms with van der Waals surface area (Å²) in [6.07, 6.45) is 5.35. The van der Waals surface area contributed by atoms with E-state index in [1.165, 1.54) is 33.3 Å². The molecule has 0 spiro atoms. The summed E-state index contributed by atoms with van der Waals surface area (Å²) < 4.78 is 5.81. The van der Waals surface area contributed by atoms with E-state index in [-0.39, 0.29) is 12.0 Å². The molecule has 1 aromatic heterocycles. The summed E-state index contributed by atoms with van der Waals surface area (Å²) >= 11 is 0. The average Bonchev–Trinajstić information content (AvgIpc) is 3.28. The highest BCUT2D eigenvalue weighted by atomic mass is 16.6. The molecule has 33 heavy (non-hydrogen) atoms. The summed E-state index contributed by atoms with van der Waals surface area (Å²) in [4.78, 5) is 22.8. The normalized spacial score (nSPS) is 22.8. The molecule has 0 saturated carbocycles. The lowest BCUT2D eigenvalue weighted by Crippen LogP contribution is -2.49. The van der Waals surface area contributed by atoms with Crippen LogP contribution < -0.4 is 4.90 Å². The van der Waals surface area contributed by atoms with E-state index in [9.17, 15) is 4.79 Å². The Balaban J connectivity index is 1.11. The van der Waals surface area contributed by atoms with Crippen molar-refractivity contribution in [2.24, 2.45) is 5.92 Å². The fourth-order valence-electron chi connectivity index (χ4n) is 5.71. The minimum absolute atomic E-state index is 0.190. The number of nitrogens with one attached hydrogen (secondary N) is 1. The van der Waals surface area contributed by atoms with E-state index in [0.29, 0.717) is 25.7 Å². The Kier molecular flexibility index (Phi) is 5.10. The molecule has 3 aliphatic rings. The molecule has 6 rings (SSSR count). The van der Waals surface area contributed by atoms with Gasteiger partial charge in [0.05, 0.1) is 0 Å². The largest absolute Gasteiger partial charge is 0.449 e. The number of aromatic amines is 1. The Labute approximate surface area is 194 Å². The zero-order chi connectivity index (χ0) is 22.4. The number of hydrogen-bond acceptors (Lipinski definition) is 4. The molecule has 6 heteroatoms. The molecule has 0 bridgehead atoms. The monoisotopic (exact) mass is 442 g/mol. The summed E-state index contributed by atoms with van der Waals surface area (Å²) in [6.45, 7) is 4.38. The second kappa shape index (κ2) is 8.27. The quantitative estimate of drug-likeness (QED) is 0.666. The number of hydrogen-bond donors (Lipinski definition) is 1. The molecule has 1 N–H and O–H groups in total. The smallest absolute Gasteiger partial charge is 0.409 e. The fraction of sp³-hybridized carbons (Fsp3) is 0.370. The van der Waals surface area contributed by atoms with E-state index in [4.69, 9.17) is 4.74 Å². The summed E-state index contributed by atoms with van der Waals surface area (Å²) in [5.41, 5.74) is 6.51. The maximum absolute atomic E-state index is 12.8. The molecular weight excluding hydrogens is 412 g/mol. The highest BCUT2D eigenvalue weighted by Crippen LogP contribution is 2.40. The van der Waals surface area contributed by atoms with Gasteiger partial charge in [-0.05, 0) is 48.4 Å². The zero-order valence-corrected chi connectivity index (χ0v) is 19.0. The third kappa shape index (κ3) is 3.68. The van der Waals surface area contributed by atoms with Crippen LogP contribution in [0.4, 0.5) is 10.5 Å². The minimum atomic E-state index is -0.190. The van der Waals surface area contributed by atoms with Gasteiger partial charge in [-0.3, -0.25) is 4.90 Å². The predicted molar refractivity (Wildman–Crippen MR) is 131 cm³/mol. The Bertz CT molecular complexity index is 1190. The van der Waals surface area contributed by atoms with Gasteiger partial charge in [0.15, 0.2) is 0 Å². The first-order valence-corrected chi connectivity index (χ1v) is 11.9. The van der Waals surface area contributed by atoms with E-state index in [0.717, 1.165) is 26.1 Å². The van der Waals surface area contributed by atoms with E-state index in [1.54, 1.807) is 0 Å². The van der Waals surface area contributed by atoms with Crippen LogP contribution in [0.25, 0.3) is 16.5 Å². The Morgan fingerprint density at radius 2 is 1.88 bits per heavy atom. The van der Waals surface area contributed by atoms with Crippen LogP contribution in [0.2, 0.25) is 0 Å². The Hall–Kier alpha value is -3.25. The van der Waals surface area contributed by atoms with Crippen LogP contribution in [0.1, 0.15) is 11.1 Å². The van der Waals surface area contributed by atoms with Crippen LogP contribution in [0.15, 0.2) is 60.8 Å². The molecule has 2 aromatic carbocycles. The molecule has 3 heterocycles. The second-order valence-corrected chi connectivity index (χ2v) is 9.47. The third-order valence-corrected chi connectivity index (χ3v) is 7.42. The topological polar surface area (TPSA) is 51.8 Å². The van der Waals surface area contributed by atoms with Gasteiger partial charge in [-0.2, -0.15) is 0 Å². The number of carbonyl (C=O) groups is 1. The Morgan fingerprint density at radius 1 is 1.06 bits per heavy atom. The highest BCUT2D eigenvalue weighted by molar-refractivity contribution is 5.98. The van der Waals surface area contributed by atoms with Crippen LogP contribution in [-0.4, -0.2) is 73.3 Å². The van der Waals surface area contributed by atoms with Crippen LogP contribution in [-0.2, 0) is 11.2 Å². The van der Waals surface area contributed by atoms with E-state index >= 15 is 0 Å². The summed E-state index contributed by atoms with van der Waals surface area (Å²) in [5, 5.41) is 1.35. The summed E-state index contributed by atoms with van der Waals surface area (Å²) in [5.74, 6) is 0.201. The number of carbonyl (C=O) groups excluding carboxylic acids is 1. The molecule has 1 fully saturated rings. The lowest BCUT2D eigenvalue weighted by Gasteiger charge is -2.40. The van der Waals surface area contributed by atoms with Crippen molar-refractivity contribution in [3.63, 3.8) is 0 Å². The summed E-state index contributed by atoms with van der Waals surface area (Å²) in [6, 6.07) is 17.3. The second-order valence-electron chi connectivity index (χ2n) is 9.47. The number of H-pyrrole nitrogens is 1. The first-order valence-electron chi connectivity index (χ1n) is 11.9. The van der Waals surface area contributed by atoms with Gasteiger partial charge < -0.3 is 19.5 Å². The number of nitrogens with zero attached hydrogens (tertiary/aromatic N) is 3. The van der Waals surface area contributed by atoms with Crippen molar-refractivity contribution in [2.45, 2.75) is 12.5 Å². The van der Waals surface area contributed by atoms with Gasteiger partial charge in [0.2, 0.25) is 0 Å². The molecule has 6 nitrogen and oxygen atoms in total. The van der Waals surface area contributed by atoms with Gasteiger partial charge in [0, 0.05) is 67.5 Å².